The number of nitriles is 1. The zero-order chi connectivity index (χ0) is 12.7. The zero-order valence-corrected chi connectivity index (χ0v) is 10.8. The Morgan fingerprint density at radius 1 is 1.47 bits per heavy atom. The maximum atomic E-state index is 11.2. The van der Waals surface area contributed by atoms with Gasteiger partial charge in [-0.1, -0.05) is 26.2 Å². The van der Waals surface area contributed by atoms with Crippen LogP contribution in [-0.4, -0.2) is 37.6 Å². The van der Waals surface area contributed by atoms with E-state index in [0.29, 0.717) is 18.4 Å². The standard InChI is InChI=1S/C13H22N2O2/c1-11-5-3-4-6-12(11)9-15(8-7-14)10-13(16)17-2/h11-12H,3-6,8-10H2,1-2H3. The highest BCUT2D eigenvalue weighted by atomic mass is 16.5. The van der Waals surface area contributed by atoms with Gasteiger partial charge in [-0.3, -0.25) is 9.69 Å². The fraction of sp³-hybridized carbons (Fsp3) is 0.846. The van der Waals surface area contributed by atoms with E-state index < -0.39 is 0 Å². The molecule has 0 N–H and O–H groups in total. The normalized spacial score (nSPS) is 24.4. The van der Waals surface area contributed by atoms with Crippen molar-refractivity contribution in [1.82, 2.24) is 4.90 Å². The van der Waals surface area contributed by atoms with Gasteiger partial charge in [-0.15, -0.1) is 0 Å². The highest BCUT2D eigenvalue weighted by molar-refractivity contribution is 5.71. The lowest BCUT2D eigenvalue weighted by molar-refractivity contribution is -0.142. The largest absolute Gasteiger partial charge is 0.468 e. The molecule has 96 valence electrons. The van der Waals surface area contributed by atoms with Gasteiger partial charge in [0.1, 0.15) is 0 Å². The minimum Gasteiger partial charge on any atom is -0.468 e. The fourth-order valence-corrected chi connectivity index (χ4v) is 2.53. The predicted octanol–water partition coefficient (Wildman–Crippen LogP) is 1.81. The Balaban J connectivity index is 2.47. The molecule has 4 heteroatoms. The summed E-state index contributed by atoms with van der Waals surface area (Å²) in [6, 6.07) is 2.12. The number of methoxy groups -OCH3 is 1. The van der Waals surface area contributed by atoms with E-state index in [1.54, 1.807) is 0 Å². The van der Waals surface area contributed by atoms with Crippen molar-refractivity contribution in [2.24, 2.45) is 11.8 Å². The van der Waals surface area contributed by atoms with Crippen molar-refractivity contribution in [3.63, 3.8) is 0 Å². The molecule has 0 aromatic rings. The first kappa shape index (κ1) is 14.0. The van der Waals surface area contributed by atoms with Crippen LogP contribution in [0, 0.1) is 23.2 Å². The van der Waals surface area contributed by atoms with Crippen LogP contribution in [0.3, 0.4) is 0 Å². The van der Waals surface area contributed by atoms with Gasteiger partial charge in [0.25, 0.3) is 0 Å². The van der Waals surface area contributed by atoms with Crippen molar-refractivity contribution in [2.45, 2.75) is 32.6 Å². The van der Waals surface area contributed by atoms with E-state index in [1.165, 1.54) is 32.8 Å². The Labute approximate surface area is 104 Å². The van der Waals surface area contributed by atoms with Crippen LogP contribution in [0.4, 0.5) is 0 Å². The Morgan fingerprint density at radius 3 is 2.76 bits per heavy atom. The molecule has 2 atom stereocenters. The molecule has 0 amide bonds. The number of hydrogen-bond donors (Lipinski definition) is 0. The molecule has 1 aliphatic rings. The molecule has 0 aromatic heterocycles. The number of ether oxygens (including phenoxy) is 1. The molecule has 17 heavy (non-hydrogen) atoms. The molecular weight excluding hydrogens is 216 g/mol. The van der Waals surface area contributed by atoms with Gasteiger partial charge in [-0.05, 0) is 18.3 Å². The summed E-state index contributed by atoms with van der Waals surface area (Å²) in [5.41, 5.74) is 0. The molecule has 2 unspecified atom stereocenters. The van der Waals surface area contributed by atoms with Crippen LogP contribution < -0.4 is 0 Å². The highest BCUT2D eigenvalue weighted by Crippen LogP contribution is 2.30. The van der Waals surface area contributed by atoms with Crippen molar-refractivity contribution in [3.05, 3.63) is 0 Å². The van der Waals surface area contributed by atoms with E-state index in [2.05, 4.69) is 17.7 Å². The second-order valence-corrected chi connectivity index (χ2v) is 4.93. The summed E-state index contributed by atoms with van der Waals surface area (Å²) in [5, 5.41) is 8.77. The number of esters is 1. The van der Waals surface area contributed by atoms with Crippen molar-refractivity contribution in [2.75, 3.05) is 26.7 Å². The van der Waals surface area contributed by atoms with Gasteiger partial charge in [0.05, 0.1) is 26.3 Å². The molecule has 1 rings (SSSR count). The lowest BCUT2D eigenvalue weighted by Gasteiger charge is -2.32. The van der Waals surface area contributed by atoms with Crippen LogP contribution in [0.1, 0.15) is 32.6 Å². The predicted molar refractivity (Wildman–Crippen MR) is 65.2 cm³/mol. The molecule has 0 aromatic carbocycles. The first-order valence-corrected chi connectivity index (χ1v) is 6.33. The quantitative estimate of drug-likeness (QED) is 0.541. The molecule has 4 nitrogen and oxygen atoms in total. The highest BCUT2D eigenvalue weighted by Gasteiger charge is 2.24. The Morgan fingerprint density at radius 2 is 2.18 bits per heavy atom. The van der Waals surface area contributed by atoms with E-state index in [4.69, 9.17) is 5.26 Å². The van der Waals surface area contributed by atoms with Crippen LogP contribution >= 0.6 is 0 Å². The Hall–Kier alpha value is -1.08. The molecule has 0 heterocycles. The average molecular weight is 238 g/mol. The van der Waals surface area contributed by atoms with Crippen molar-refractivity contribution in [1.29, 1.82) is 5.26 Å². The summed E-state index contributed by atoms with van der Waals surface area (Å²) in [6.07, 6.45) is 5.06. The first-order valence-electron chi connectivity index (χ1n) is 6.33. The van der Waals surface area contributed by atoms with Gasteiger partial charge in [0, 0.05) is 6.54 Å². The van der Waals surface area contributed by atoms with Gasteiger partial charge in [-0.25, -0.2) is 0 Å². The Kier molecular flexibility index (Phi) is 5.99. The van der Waals surface area contributed by atoms with Crippen LogP contribution in [0.15, 0.2) is 0 Å². The average Bonchev–Trinajstić information content (AvgIpc) is 2.32. The number of carbonyl (C=O) groups excluding carboxylic acids is 1. The second-order valence-electron chi connectivity index (χ2n) is 4.93. The minimum absolute atomic E-state index is 0.229. The molecule has 1 fully saturated rings. The van der Waals surface area contributed by atoms with Crippen LogP contribution in [-0.2, 0) is 9.53 Å². The zero-order valence-electron chi connectivity index (χ0n) is 10.8. The van der Waals surface area contributed by atoms with Gasteiger partial charge in [0.2, 0.25) is 0 Å². The summed E-state index contributed by atoms with van der Waals surface area (Å²) >= 11 is 0. The topological polar surface area (TPSA) is 53.3 Å². The summed E-state index contributed by atoms with van der Waals surface area (Å²) < 4.78 is 4.65. The monoisotopic (exact) mass is 238 g/mol. The van der Waals surface area contributed by atoms with Gasteiger partial charge < -0.3 is 4.74 Å². The maximum Gasteiger partial charge on any atom is 0.319 e. The van der Waals surface area contributed by atoms with E-state index in [9.17, 15) is 4.79 Å². The lowest BCUT2D eigenvalue weighted by Crippen LogP contribution is -2.37. The van der Waals surface area contributed by atoms with Crippen molar-refractivity contribution < 1.29 is 9.53 Å². The van der Waals surface area contributed by atoms with E-state index in [-0.39, 0.29) is 12.5 Å². The molecule has 0 bridgehead atoms. The molecule has 1 saturated carbocycles. The summed E-state index contributed by atoms with van der Waals surface area (Å²) in [7, 11) is 1.39. The van der Waals surface area contributed by atoms with Crippen LogP contribution in [0.25, 0.3) is 0 Å². The maximum absolute atomic E-state index is 11.2. The Bertz CT molecular complexity index is 286. The summed E-state index contributed by atoms with van der Waals surface area (Å²) in [5.74, 6) is 1.05. The third-order valence-electron chi connectivity index (χ3n) is 3.66. The molecule has 0 radical (unpaired) electrons. The van der Waals surface area contributed by atoms with E-state index >= 15 is 0 Å². The fourth-order valence-electron chi connectivity index (χ4n) is 2.53. The number of rotatable bonds is 5. The van der Waals surface area contributed by atoms with Crippen molar-refractivity contribution >= 4 is 5.97 Å². The molecule has 0 spiro atoms. The third-order valence-corrected chi connectivity index (χ3v) is 3.66. The van der Waals surface area contributed by atoms with Crippen LogP contribution in [0.2, 0.25) is 0 Å². The molecular formula is C13H22N2O2. The lowest BCUT2D eigenvalue weighted by atomic mass is 9.80. The smallest absolute Gasteiger partial charge is 0.319 e. The SMILES string of the molecule is COC(=O)CN(CC#N)CC1CCCCC1C. The summed E-state index contributed by atoms with van der Waals surface area (Å²) in [6.45, 7) is 3.64. The number of carbonyl (C=O) groups is 1. The van der Waals surface area contributed by atoms with E-state index in [1.807, 2.05) is 4.90 Å². The van der Waals surface area contributed by atoms with Gasteiger partial charge in [-0.2, -0.15) is 5.26 Å². The number of hydrogen-bond acceptors (Lipinski definition) is 4. The van der Waals surface area contributed by atoms with Crippen LogP contribution in [0.5, 0.6) is 0 Å². The van der Waals surface area contributed by atoms with Gasteiger partial charge >= 0.3 is 5.97 Å². The molecule has 0 aliphatic heterocycles. The van der Waals surface area contributed by atoms with E-state index in [0.717, 1.165) is 6.54 Å². The van der Waals surface area contributed by atoms with Crippen molar-refractivity contribution in [3.8, 4) is 6.07 Å². The minimum atomic E-state index is -0.260. The summed E-state index contributed by atoms with van der Waals surface area (Å²) in [4.78, 5) is 13.1. The second kappa shape index (κ2) is 7.29. The molecule has 0 saturated heterocycles. The molecule has 1 aliphatic carbocycles. The first-order chi connectivity index (χ1) is 8.17. The third kappa shape index (κ3) is 4.74. The number of nitrogens with zero attached hydrogens (tertiary/aromatic N) is 2. The van der Waals surface area contributed by atoms with Gasteiger partial charge in [0.15, 0.2) is 0 Å².